The number of H-pyrrole nitrogens is 1. The summed E-state index contributed by atoms with van der Waals surface area (Å²) in [6.07, 6.45) is 0. The van der Waals surface area contributed by atoms with Gasteiger partial charge in [0.2, 0.25) is 5.16 Å². The number of rotatable bonds is 4. The highest BCUT2D eigenvalue weighted by molar-refractivity contribution is 7.99. The van der Waals surface area contributed by atoms with Gasteiger partial charge in [0.05, 0.1) is 5.75 Å². The normalized spacial score (nSPS) is 10.6. The van der Waals surface area contributed by atoms with Crippen LogP contribution in [0.5, 0.6) is 0 Å². The zero-order chi connectivity index (χ0) is 13.1. The summed E-state index contributed by atoms with van der Waals surface area (Å²) in [6.45, 7) is 5.78. The second kappa shape index (κ2) is 5.35. The van der Waals surface area contributed by atoms with E-state index in [9.17, 15) is 4.79 Å². The molecule has 1 heterocycles. The first-order chi connectivity index (χ1) is 8.56. The van der Waals surface area contributed by atoms with E-state index in [2.05, 4.69) is 15.2 Å². The van der Waals surface area contributed by atoms with E-state index in [4.69, 9.17) is 0 Å². The Balaban J connectivity index is 2.05. The van der Waals surface area contributed by atoms with Crippen molar-refractivity contribution in [3.8, 4) is 0 Å². The average molecular weight is 261 g/mol. The molecule has 0 aliphatic rings. The number of thioether (sulfide) groups is 1. The number of carbonyl (C=O) groups is 1. The van der Waals surface area contributed by atoms with Crippen LogP contribution >= 0.6 is 11.8 Å². The zero-order valence-corrected chi connectivity index (χ0v) is 11.5. The molecule has 0 amide bonds. The third-order valence-electron chi connectivity index (χ3n) is 2.60. The summed E-state index contributed by atoms with van der Waals surface area (Å²) in [6, 6.07) is 5.92. The fourth-order valence-electron chi connectivity index (χ4n) is 1.63. The summed E-state index contributed by atoms with van der Waals surface area (Å²) in [4.78, 5) is 16.3. The van der Waals surface area contributed by atoms with Crippen LogP contribution in [-0.2, 0) is 0 Å². The largest absolute Gasteiger partial charge is 0.293 e. The molecule has 2 aromatic rings. The maximum Gasteiger partial charge on any atom is 0.208 e. The Morgan fingerprint density at radius 3 is 2.78 bits per heavy atom. The van der Waals surface area contributed by atoms with Crippen LogP contribution in [0.3, 0.4) is 0 Å². The second-order valence-corrected chi connectivity index (χ2v) is 5.18. The topological polar surface area (TPSA) is 58.6 Å². The number of carbonyl (C=O) groups excluding carboxylic acids is 1. The van der Waals surface area contributed by atoms with Crippen LogP contribution in [0.25, 0.3) is 0 Å². The molecule has 1 aromatic heterocycles. The van der Waals surface area contributed by atoms with Gasteiger partial charge in [-0.3, -0.25) is 9.89 Å². The molecule has 0 saturated heterocycles. The molecule has 0 spiro atoms. The van der Waals surface area contributed by atoms with Gasteiger partial charge < -0.3 is 0 Å². The van der Waals surface area contributed by atoms with Crippen LogP contribution in [0.4, 0.5) is 0 Å². The molecule has 0 radical (unpaired) electrons. The van der Waals surface area contributed by atoms with Gasteiger partial charge in [0.15, 0.2) is 5.78 Å². The van der Waals surface area contributed by atoms with E-state index < -0.39 is 0 Å². The Bertz CT molecular complexity index is 577. The monoisotopic (exact) mass is 261 g/mol. The van der Waals surface area contributed by atoms with Crippen molar-refractivity contribution >= 4 is 17.5 Å². The lowest BCUT2D eigenvalue weighted by atomic mass is 10.0. The fourth-order valence-corrected chi connectivity index (χ4v) is 2.36. The molecule has 0 atom stereocenters. The van der Waals surface area contributed by atoms with Gasteiger partial charge in [-0.15, -0.1) is 5.10 Å². The van der Waals surface area contributed by atoms with Crippen molar-refractivity contribution in [1.29, 1.82) is 0 Å². The molecule has 0 fully saturated rings. The Labute approximate surface area is 110 Å². The first-order valence-corrected chi connectivity index (χ1v) is 6.67. The standard InChI is InChI=1S/C13H15N3OS/c1-8-4-5-9(2)11(6-8)12(17)7-18-13-14-10(3)15-16-13/h4-6H,7H2,1-3H3,(H,14,15,16). The predicted octanol–water partition coefficient (Wildman–Crippen LogP) is 2.70. The van der Waals surface area contributed by atoms with Crippen LogP contribution in [-0.4, -0.2) is 26.7 Å². The van der Waals surface area contributed by atoms with Crippen molar-refractivity contribution in [2.24, 2.45) is 0 Å². The molecule has 0 saturated carbocycles. The number of aromatic amines is 1. The third kappa shape index (κ3) is 2.98. The summed E-state index contributed by atoms with van der Waals surface area (Å²) in [5.74, 6) is 1.24. The number of aromatic nitrogens is 3. The lowest BCUT2D eigenvalue weighted by Crippen LogP contribution is -2.05. The van der Waals surface area contributed by atoms with E-state index in [-0.39, 0.29) is 5.78 Å². The number of benzene rings is 1. The predicted molar refractivity (Wildman–Crippen MR) is 72.1 cm³/mol. The van der Waals surface area contributed by atoms with Crippen molar-refractivity contribution < 1.29 is 4.79 Å². The number of Topliss-reactive ketones (excluding diaryl/α,β-unsaturated/α-hetero) is 1. The number of hydrogen-bond acceptors (Lipinski definition) is 4. The summed E-state index contributed by atoms with van der Waals surface area (Å²) in [5, 5.41) is 7.37. The molecule has 4 nitrogen and oxygen atoms in total. The highest BCUT2D eigenvalue weighted by Gasteiger charge is 2.11. The van der Waals surface area contributed by atoms with E-state index >= 15 is 0 Å². The smallest absolute Gasteiger partial charge is 0.208 e. The van der Waals surface area contributed by atoms with Crippen LogP contribution < -0.4 is 0 Å². The summed E-state index contributed by atoms with van der Waals surface area (Å²) in [5.41, 5.74) is 2.90. The Kier molecular flexibility index (Phi) is 3.81. The Morgan fingerprint density at radius 2 is 2.11 bits per heavy atom. The minimum Gasteiger partial charge on any atom is -0.293 e. The maximum absolute atomic E-state index is 12.1. The summed E-state index contributed by atoms with van der Waals surface area (Å²) in [7, 11) is 0. The van der Waals surface area contributed by atoms with Gasteiger partial charge in [-0.1, -0.05) is 29.5 Å². The number of ketones is 1. The fraction of sp³-hybridized carbons (Fsp3) is 0.308. The molecular weight excluding hydrogens is 246 g/mol. The molecular formula is C13H15N3OS. The van der Waals surface area contributed by atoms with Gasteiger partial charge in [-0.25, -0.2) is 4.98 Å². The molecule has 18 heavy (non-hydrogen) atoms. The highest BCUT2D eigenvalue weighted by atomic mass is 32.2. The first-order valence-electron chi connectivity index (χ1n) is 5.68. The molecule has 2 rings (SSSR count). The molecule has 1 N–H and O–H groups in total. The van der Waals surface area contributed by atoms with Gasteiger partial charge in [-0.05, 0) is 32.4 Å². The van der Waals surface area contributed by atoms with Crippen molar-refractivity contribution in [2.75, 3.05) is 5.75 Å². The number of nitrogens with one attached hydrogen (secondary N) is 1. The van der Waals surface area contributed by atoms with Gasteiger partial charge >= 0.3 is 0 Å². The minimum absolute atomic E-state index is 0.114. The van der Waals surface area contributed by atoms with Crippen molar-refractivity contribution in [3.63, 3.8) is 0 Å². The quantitative estimate of drug-likeness (QED) is 0.679. The molecule has 0 aliphatic heterocycles. The van der Waals surface area contributed by atoms with Gasteiger partial charge in [0.1, 0.15) is 5.82 Å². The summed E-state index contributed by atoms with van der Waals surface area (Å²) >= 11 is 1.36. The molecule has 0 unspecified atom stereocenters. The summed E-state index contributed by atoms with van der Waals surface area (Å²) < 4.78 is 0. The molecule has 94 valence electrons. The van der Waals surface area contributed by atoms with Crippen LogP contribution in [0.2, 0.25) is 0 Å². The van der Waals surface area contributed by atoms with Gasteiger partial charge in [0, 0.05) is 5.56 Å². The van der Waals surface area contributed by atoms with E-state index in [1.54, 1.807) is 0 Å². The number of nitrogens with zero attached hydrogens (tertiary/aromatic N) is 2. The van der Waals surface area contributed by atoms with Crippen molar-refractivity contribution in [3.05, 3.63) is 40.7 Å². The Hall–Kier alpha value is -1.62. The minimum atomic E-state index is 0.114. The van der Waals surface area contributed by atoms with E-state index in [0.717, 1.165) is 22.5 Å². The van der Waals surface area contributed by atoms with Gasteiger partial charge in [0.25, 0.3) is 0 Å². The van der Waals surface area contributed by atoms with Crippen molar-refractivity contribution in [2.45, 2.75) is 25.9 Å². The Morgan fingerprint density at radius 1 is 1.33 bits per heavy atom. The second-order valence-electron chi connectivity index (χ2n) is 4.23. The lowest BCUT2D eigenvalue weighted by Gasteiger charge is -2.05. The zero-order valence-electron chi connectivity index (χ0n) is 10.7. The van der Waals surface area contributed by atoms with Crippen LogP contribution in [0.1, 0.15) is 27.3 Å². The first kappa shape index (κ1) is 12.8. The lowest BCUT2D eigenvalue weighted by molar-refractivity contribution is 0.102. The number of aryl methyl sites for hydroxylation is 3. The molecule has 1 aromatic carbocycles. The third-order valence-corrected chi connectivity index (χ3v) is 3.45. The van der Waals surface area contributed by atoms with Crippen LogP contribution in [0, 0.1) is 20.8 Å². The van der Waals surface area contributed by atoms with Crippen molar-refractivity contribution in [1.82, 2.24) is 15.2 Å². The van der Waals surface area contributed by atoms with E-state index in [1.165, 1.54) is 11.8 Å². The van der Waals surface area contributed by atoms with Crippen LogP contribution in [0.15, 0.2) is 23.4 Å². The van der Waals surface area contributed by atoms with E-state index in [1.807, 2.05) is 39.0 Å². The van der Waals surface area contributed by atoms with E-state index in [0.29, 0.717) is 10.9 Å². The molecule has 0 aliphatic carbocycles. The molecule has 5 heteroatoms. The maximum atomic E-state index is 12.1. The van der Waals surface area contributed by atoms with Gasteiger partial charge in [-0.2, -0.15) is 0 Å². The number of hydrogen-bond donors (Lipinski definition) is 1. The SMILES string of the molecule is Cc1ccc(C)c(C(=O)CSc2n[nH]c(C)n2)c1. The average Bonchev–Trinajstić information content (AvgIpc) is 2.75. The highest BCUT2D eigenvalue weighted by Crippen LogP contribution is 2.17. The molecule has 0 bridgehead atoms.